The number of benzene rings is 2. The number of hydrazone groups is 1. The molecule has 0 radical (unpaired) electrons. The first-order chi connectivity index (χ1) is 14.9. The van der Waals surface area contributed by atoms with Crippen molar-refractivity contribution in [2.75, 3.05) is 0 Å². The van der Waals surface area contributed by atoms with Gasteiger partial charge < -0.3 is 16.5 Å². The topological polar surface area (TPSA) is 109 Å². The number of nitrogens with zero attached hydrogens (tertiary/aromatic N) is 1. The molecule has 3 rings (SSSR count). The molecular weight excluding hydrogens is 440 g/mol. The lowest BCUT2D eigenvalue weighted by Crippen LogP contribution is -2.20. The standard InChI is InChI=1S/C12H10F6N4O.C8H7N/c13-11(14,15)7-3-6(4-8(5-7)12(16,17)18)10(20)22-21-2-1-9(19)23;1-2-4-8-7(3-1)5-6-9-8/h1-5,21H,(H2,19,23)(H2,20,22);1-6,9H/b2-1-;. The van der Waals surface area contributed by atoms with Crippen molar-refractivity contribution in [3.8, 4) is 0 Å². The molecule has 0 bridgehead atoms. The van der Waals surface area contributed by atoms with E-state index in [0.717, 1.165) is 12.3 Å². The second-order valence-electron chi connectivity index (χ2n) is 6.22. The number of alkyl halides is 6. The first kappa shape index (κ1) is 24.3. The minimum absolute atomic E-state index is 0.0306. The number of hydrogen-bond donors (Lipinski definition) is 4. The number of hydrogen-bond acceptors (Lipinski definition) is 3. The van der Waals surface area contributed by atoms with Crippen LogP contribution in [-0.4, -0.2) is 16.7 Å². The third-order valence-electron chi connectivity index (χ3n) is 3.85. The van der Waals surface area contributed by atoms with Crippen molar-refractivity contribution >= 4 is 22.6 Å². The van der Waals surface area contributed by atoms with E-state index in [1.165, 1.54) is 10.9 Å². The van der Waals surface area contributed by atoms with Crippen molar-refractivity contribution in [3.05, 3.63) is 83.7 Å². The van der Waals surface area contributed by atoms with Crippen molar-refractivity contribution in [2.24, 2.45) is 16.6 Å². The molecule has 0 aliphatic heterocycles. The zero-order chi connectivity index (χ0) is 23.9. The van der Waals surface area contributed by atoms with Crippen molar-refractivity contribution < 1.29 is 31.1 Å². The van der Waals surface area contributed by atoms with E-state index in [4.69, 9.17) is 11.5 Å². The van der Waals surface area contributed by atoms with E-state index < -0.39 is 40.8 Å². The average molecular weight is 457 g/mol. The summed E-state index contributed by atoms with van der Waals surface area (Å²) in [5, 5.41) is 4.60. The van der Waals surface area contributed by atoms with Crippen molar-refractivity contribution in [3.63, 3.8) is 0 Å². The lowest BCUT2D eigenvalue weighted by atomic mass is 10.0. The fourth-order valence-corrected chi connectivity index (χ4v) is 2.39. The molecule has 0 saturated carbocycles. The summed E-state index contributed by atoms with van der Waals surface area (Å²) in [5.41, 5.74) is 9.72. The molecule has 32 heavy (non-hydrogen) atoms. The highest BCUT2D eigenvalue weighted by Crippen LogP contribution is 2.36. The number of aromatic nitrogens is 1. The van der Waals surface area contributed by atoms with Gasteiger partial charge in [-0.1, -0.05) is 18.2 Å². The van der Waals surface area contributed by atoms with Crippen LogP contribution in [0.1, 0.15) is 16.7 Å². The molecule has 170 valence electrons. The number of carbonyl (C=O) groups is 1. The summed E-state index contributed by atoms with van der Waals surface area (Å²) < 4.78 is 76.0. The van der Waals surface area contributed by atoms with Crippen LogP contribution in [0.5, 0.6) is 0 Å². The number of aromatic amines is 1. The van der Waals surface area contributed by atoms with E-state index in [9.17, 15) is 31.1 Å². The van der Waals surface area contributed by atoms with Gasteiger partial charge in [0.15, 0.2) is 5.84 Å². The number of rotatable bonds is 4. The Morgan fingerprint density at radius 3 is 2.06 bits per heavy atom. The Morgan fingerprint density at radius 2 is 1.53 bits per heavy atom. The van der Waals surface area contributed by atoms with Crippen LogP contribution in [-0.2, 0) is 17.1 Å². The molecule has 3 aromatic rings. The summed E-state index contributed by atoms with van der Waals surface area (Å²) in [4.78, 5) is 13.5. The largest absolute Gasteiger partial charge is 0.416 e. The van der Waals surface area contributed by atoms with Gasteiger partial charge in [-0.2, -0.15) is 31.4 Å². The minimum Gasteiger partial charge on any atom is -0.382 e. The highest BCUT2D eigenvalue weighted by atomic mass is 19.4. The number of nitrogens with one attached hydrogen (secondary N) is 2. The number of amides is 1. The molecule has 1 heterocycles. The molecule has 0 saturated heterocycles. The monoisotopic (exact) mass is 457 g/mol. The zero-order valence-electron chi connectivity index (χ0n) is 16.1. The Bertz CT molecular complexity index is 1070. The predicted octanol–water partition coefficient (Wildman–Crippen LogP) is 4.10. The van der Waals surface area contributed by atoms with E-state index in [0.29, 0.717) is 12.1 Å². The molecule has 0 atom stereocenters. The highest BCUT2D eigenvalue weighted by molar-refractivity contribution is 5.97. The van der Waals surface area contributed by atoms with Crippen LogP contribution in [0.3, 0.4) is 0 Å². The first-order valence-corrected chi connectivity index (χ1v) is 8.74. The number of halogens is 6. The van der Waals surface area contributed by atoms with Gasteiger partial charge in [-0.15, -0.1) is 0 Å². The van der Waals surface area contributed by atoms with Gasteiger partial charge in [-0.3, -0.25) is 10.2 Å². The van der Waals surface area contributed by atoms with Crippen LogP contribution >= 0.6 is 0 Å². The number of H-pyrrole nitrogens is 1. The summed E-state index contributed by atoms with van der Waals surface area (Å²) in [6.07, 6.45) is -6.30. The van der Waals surface area contributed by atoms with Gasteiger partial charge in [0, 0.05) is 29.6 Å². The Morgan fingerprint density at radius 1 is 0.938 bits per heavy atom. The number of amidine groups is 1. The molecule has 6 nitrogen and oxygen atoms in total. The number of nitrogens with two attached hydrogens (primary N) is 2. The smallest absolute Gasteiger partial charge is 0.382 e. The van der Waals surface area contributed by atoms with Gasteiger partial charge >= 0.3 is 12.4 Å². The highest BCUT2D eigenvalue weighted by Gasteiger charge is 2.37. The van der Waals surface area contributed by atoms with Gasteiger partial charge in [0.05, 0.1) is 11.1 Å². The molecule has 12 heteroatoms. The Labute approximate surface area is 177 Å². The lowest BCUT2D eigenvalue weighted by molar-refractivity contribution is -0.143. The predicted molar refractivity (Wildman–Crippen MR) is 107 cm³/mol. The fraction of sp³-hybridized carbons (Fsp3) is 0.100. The van der Waals surface area contributed by atoms with Crippen molar-refractivity contribution in [2.45, 2.75) is 12.4 Å². The molecular formula is C20H17F6N5O. The van der Waals surface area contributed by atoms with Crippen LogP contribution < -0.4 is 16.9 Å². The van der Waals surface area contributed by atoms with Crippen LogP contribution in [0.15, 0.2) is 72.1 Å². The normalized spacial score (nSPS) is 12.5. The fourth-order valence-electron chi connectivity index (χ4n) is 2.39. The molecule has 0 fully saturated rings. The lowest BCUT2D eigenvalue weighted by Gasteiger charge is -2.13. The summed E-state index contributed by atoms with van der Waals surface area (Å²) in [7, 11) is 0. The molecule has 1 aromatic heterocycles. The summed E-state index contributed by atoms with van der Waals surface area (Å²) in [6, 6.07) is 11.1. The van der Waals surface area contributed by atoms with Gasteiger partial charge in [-0.25, -0.2) is 0 Å². The Hall–Kier alpha value is -3.96. The third-order valence-corrected chi connectivity index (χ3v) is 3.85. The van der Waals surface area contributed by atoms with E-state index in [-0.39, 0.29) is 6.07 Å². The van der Waals surface area contributed by atoms with E-state index >= 15 is 0 Å². The Kier molecular flexibility index (Phi) is 7.52. The SMILES string of the molecule is NC(=O)/C=C\N/N=C(\N)c1cc(C(F)(F)F)cc(C(F)(F)F)c1.c1ccc2[nH]ccc2c1. The summed E-state index contributed by atoms with van der Waals surface area (Å²) in [6.45, 7) is 0. The minimum atomic E-state index is -4.99. The van der Waals surface area contributed by atoms with Crippen LogP contribution in [0, 0.1) is 0 Å². The number of carbonyl (C=O) groups excluding carboxylic acids is 1. The van der Waals surface area contributed by atoms with Gasteiger partial charge in [-0.05, 0) is 35.7 Å². The third kappa shape index (κ3) is 7.07. The van der Waals surface area contributed by atoms with E-state index in [1.54, 1.807) is 0 Å². The van der Waals surface area contributed by atoms with Crippen LogP contribution in [0.25, 0.3) is 10.9 Å². The maximum atomic E-state index is 12.7. The molecule has 0 spiro atoms. The molecule has 6 N–H and O–H groups in total. The molecule has 0 unspecified atom stereocenters. The molecule has 1 amide bonds. The molecule has 2 aromatic carbocycles. The zero-order valence-corrected chi connectivity index (χ0v) is 16.1. The summed E-state index contributed by atoms with van der Waals surface area (Å²) >= 11 is 0. The van der Waals surface area contributed by atoms with Gasteiger partial charge in [0.25, 0.3) is 0 Å². The van der Waals surface area contributed by atoms with Crippen molar-refractivity contribution in [1.82, 2.24) is 10.4 Å². The van der Waals surface area contributed by atoms with Crippen LogP contribution in [0.2, 0.25) is 0 Å². The second kappa shape index (κ2) is 9.90. The Balaban J connectivity index is 0.000000329. The second-order valence-corrected chi connectivity index (χ2v) is 6.22. The maximum Gasteiger partial charge on any atom is 0.416 e. The number of primary amides is 1. The number of fused-ring (bicyclic) bond motifs is 1. The van der Waals surface area contributed by atoms with E-state index in [1.807, 2.05) is 18.3 Å². The molecule has 0 aliphatic carbocycles. The van der Waals surface area contributed by atoms with Gasteiger partial charge in [0.1, 0.15) is 0 Å². The van der Waals surface area contributed by atoms with E-state index in [2.05, 4.69) is 33.7 Å². The number of para-hydroxylation sites is 1. The maximum absolute atomic E-state index is 12.7. The average Bonchev–Trinajstić information content (AvgIpc) is 3.18. The molecule has 0 aliphatic rings. The first-order valence-electron chi connectivity index (χ1n) is 8.74. The van der Waals surface area contributed by atoms with Gasteiger partial charge in [0.2, 0.25) is 5.91 Å². The van der Waals surface area contributed by atoms with Crippen LogP contribution in [0.4, 0.5) is 26.3 Å². The van der Waals surface area contributed by atoms with Crippen molar-refractivity contribution in [1.29, 1.82) is 0 Å². The summed E-state index contributed by atoms with van der Waals surface area (Å²) in [5.74, 6) is -1.49. The quantitative estimate of drug-likeness (QED) is 0.156.